The van der Waals surface area contributed by atoms with E-state index in [1.54, 1.807) is 0 Å². The molecule has 1 saturated carbocycles. The van der Waals surface area contributed by atoms with Crippen LogP contribution in [0.1, 0.15) is 58.8 Å². The summed E-state index contributed by atoms with van der Waals surface area (Å²) in [6.07, 6.45) is 8.82. The van der Waals surface area contributed by atoms with Gasteiger partial charge in [0, 0.05) is 13.1 Å². The summed E-state index contributed by atoms with van der Waals surface area (Å²) in [6, 6.07) is 0.0327. The Kier molecular flexibility index (Phi) is 4.88. The van der Waals surface area contributed by atoms with Gasteiger partial charge >= 0.3 is 0 Å². The monoisotopic (exact) mass is 266 g/mol. The summed E-state index contributed by atoms with van der Waals surface area (Å²) in [5.41, 5.74) is 0.260. The summed E-state index contributed by atoms with van der Waals surface area (Å²) in [5.74, 6) is 1.07. The molecule has 1 amide bonds. The highest BCUT2D eigenvalue weighted by Crippen LogP contribution is 2.31. The molecule has 1 unspecified atom stereocenters. The maximum Gasteiger partial charge on any atom is 0.239 e. The van der Waals surface area contributed by atoms with Gasteiger partial charge in [0.15, 0.2) is 0 Å². The van der Waals surface area contributed by atoms with E-state index in [-0.39, 0.29) is 11.5 Å². The zero-order valence-corrected chi connectivity index (χ0v) is 12.9. The molecule has 2 fully saturated rings. The van der Waals surface area contributed by atoms with Crippen LogP contribution in [0.5, 0.6) is 0 Å². The summed E-state index contributed by atoms with van der Waals surface area (Å²) in [6.45, 7) is 6.51. The molecule has 1 atom stereocenters. The van der Waals surface area contributed by atoms with E-state index in [9.17, 15) is 4.79 Å². The van der Waals surface area contributed by atoms with Crippen molar-refractivity contribution in [3.63, 3.8) is 0 Å². The highest BCUT2D eigenvalue weighted by atomic mass is 16.2. The minimum Gasteiger partial charge on any atom is -0.341 e. The number of rotatable bonds is 3. The van der Waals surface area contributed by atoms with Crippen LogP contribution in [-0.4, -0.2) is 37.0 Å². The largest absolute Gasteiger partial charge is 0.341 e. The van der Waals surface area contributed by atoms with Gasteiger partial charge in [0.25, 0.3) is 0 Å². The van der Waals surface area contributed by atoms with Gasteiger partial charge in [0.1, 0.15) is 0 Å². The first-order valence-electron chi connectivity index (χ1n) is 7.98. The molecule has 3 nitrogen and oxygen atoms in total. The van der Waals surface area contributed by atoms with E-state index in [1.165, 1.54) is 32.1 Å². The molecule has 110 valence electrons. The average Bonchev–Trinajstić information content (AvgIpc) is 2.49. The fourth-order valence-corrected chi connectivity index (χ4v) is 3.66. The molecule has 2 aliphatic rings. The number of carbonyl (C=O) groups excluding carboxylic acids is 1. The van der Waals surface area contributed by atoms with Gasteiger partial charge in [-0.25, -0.2) is 0 Å². The second kappa shape index (κ2) is 6.25. The first-order chi connectivity index (χ1) is 9.02. The van der Waals surface area contributed by atoms with E-state index < -0.39 is 0 Å². The minimum absolute atomic E-state index is 0.0327. The molecule has 0 spiro atoms. The Labute approximate surface area is 118 Å². The maximum atomic E-state index is 12.6. The molecular weight excluding hydrogens is 236 g/mol. The first-order valence-corrected chi connectivity index (χ1v) is 7.98. The number of hydrogen-bond acceptors (Lipinski definition) is 2. The lowest BCUT2D eigenvalue weighted by Gasteiger charge is -2.34. The Balaban J connectivity index is 2.03. The highest BCUT2D eigenvalue weighted by molar-refractivity contribution is 5.82. The number of hydrogen-bond donors (Lipinski definition) is 1. The third-order valence-electron chi connectivity index (χ3n) is 4.89. The molecule has 1 heterocycles. The van der Waals surface area contributed by atoms with Gasteiger partial charge in [-0.1, -0.05) is 33.1 Å². The lowest BCUT2D eigenvalue weighted by Crippen LogP contribution is -2.47. The summed E-state index contributed by atoms with van der Waals surface area (Å²) < 4.78 is 0. The van der Waals surface area contributed by atoms with Crippen LogP contribution in [0, 0.1) is 11.3 Å². The van der Waals surface area contributed by atoms with Crippen molar-refractivity contribution >= 4 is 5.91 Å². The Morgan fingerprint density at radius 2 is 1.89 bits per heavy atom. The van der Waals surface area contributed by atoms with Gasteiger partial charge in [-0.2, -0.15) is 0 Å². The van der Waals surface area contributed by atoms with Crippen molar-refractivity contribution in [2.45, 2.75) is 64.8 Å². The van der Waals surface area contributed by atoms with Gasteiger partial charge in [-0.15, -0.1) is 0 Å². The van der Waals surface area contributed by atoms with E-state index in [2.05, 4.69) is 24.1 Å². The predicted molar refractivity (Wildman–Crippen MR) is 79.0 cm³/mol. The Morgan fingerprint density at radius 3 is 2.53 bits per heavy atom. The molecule has 2 rings (SSSR count). The maximum absolute atomic E-state index is 12.6. The fourth-order valence-electron chi connectivity index (χ4n) is 3.66. The highest BCUT2D eigenvalue weighted by Gasteiger charge is 2.34. The number of nitrogens with zero attached hydrogens (tertiary/aromatic N) is 1. The molecule has 19 heavy (non-hydrogen) atoms. The van der Waals surface area contributed by atoms with E-state index in [1.807, 2.05) is 7.05 Å². The van der Waals surface area contributed by atoms with E-state index >= 15 is 0 Å². The average molecular weight is 266 g/mol. The Hall–Kier alpha value is -0.570. The van der Waals surface area contributed by atoms with Gasteiger partial charge in [0.05, 0.1) is 6.04 Å². The van der Waals surface area contributed by atoms with Crippen LogP contribution in [0.15, 0.2) is 0 Å². The van der Waals surface area contributed by atoms with Crippen LogP contribution >= 0.6 is 0 Å². The zero-order chi connectivity index (χ0) is 13.9. The molecule has 0 aromatic rings. The van der Waals surface area contributed by atoms with Crippen LogP contribution in [0.4, 0.5) is 0 Å². The molecule has 1 aliphatic heterocycles. The lowest BCUT2D eigenvalue weighted by atomic mass is 9.86. The molecule has 1 saturated heterocycles. The molecule has 1 aliphatic carbocycles. The quantitative estimate of drug-likeness (QED) is 0.852. The summed E-state index contributed by atoms with van der Waals surface area (Å²) in [4.78, 5) is 14.8. The standard InChI is InChI=1S/C16H30N2O/c1-16(2)10-9-14(17-3)15(19)18(12-16)11-13-7-5-4-6-8-13/h13-14,17H,4-12H2,1-3H3. The van der Waals surface area contributed by atoms with Crippen molar-refractivity contribution < 1.29 is 4.79 Å². The van der Waals surface area contributed by atoms with Crippen molar-refractivity contribution in [3.05, 3.63) is 0 Å². The molecule has 0 aromatic heterocycles. The minimum atomic E-state index is 0.0327. The third kappa shape index (κ3) is 3.95. The number of carbonyl (C=O) groups is 1. The van der Waals surface area contributed by atoms with Crippen molar-refractivity contribution in [1.29, 1.82) is 0 Å². The molecular formula is C16H30N2O. The predicted octanol–water partition coefficient (Wildman–Crippen LogP) is 2.80. The van der Waals surface area contributed by atoms with Crippen molar-refractivity contribution in [2.75, 3.05) is 20.1 Å². The van der Waals surface area contributed by atoms with Crippen LogP contribution in [0.2, 0.25) is 0 Å². The second-order valence-corrected chi connectivity index (χ2v) is 7.27. The van der Waals surface area contributed by atoms with Crippen LogP contribution in [0.3, 0.4) is 0 Å². The van der Waals surface area contributed by atoms with Crippen molar-refractivity contribution in [3.8, 4) is 0 Å². The SMILES string of the molecule is CNC1CCC(C)(C)CN(CC2CCCCC2)C1=O. The second-order valence-electron chi connectivity index (χ2n) is 7.27. The normalized spacial score (nSPS) is 29.3. The number of nitrogens with one attached hydrogen (secondary N) is 1. The number of likely N-dealkylation sites (N-methyl/N-ethyl adjacent to an activating group) is 1. The summed E-state index contributed by atoms with van der Waals surface area (Å²) >= 11 is 0. The smallest absolute Gasteiger partial charge is 0.239 e. The topological polar surface area (TPSA) is 32.3 Å². The van der Waals surface area contributed by atoms with Crippen LogP contribution < -0.4 is 5.32 Å². The van der Waals surface area contributed by atoms with Gasteiger partial charge in [-0.3, -0.25) is 4.79 Å². The van der Waals surface area contributed by atoms with Gasteiger partial charge in [-0.05, 0) is 44.1 Å². The van der Waals surface area contributed by atoms with Crippen LogP contribution in [0.25, 0.3) is 0 Å². The van der Waals surface area contributed by atoms with E-state index in [4.69, 9.17) is 0 Å². The van der Waals surface area contributed by atoms with E-state index in [0.717, 1.165) is 31.8 Å². The third-order valence-corrected chi connectivity index (χ3v) is 4.89. The number of amides is 1. The van der Waals surface area contributed by atoms with Crippen LogP contribution in [-0.2, 0) is 4.79 Å². The van der Waals surface area contributed by atoms with Crippen molar-refractivity contribution in [1.82, 2.24) is 10.2 Å². The molecule has 0 bridgehead atoms. The molecule has 1 N–H and O–H groups in total. The van der Waals surface area contributed by atoms with Gasteiger partial charge in [0.2, 0.25) is 5.91 Å². The first kappa shape index (κ1) is 14.8. The van der Waals surface area contributed by atoms with E-state index in [0.29, 0.717) is 5.91 Å². The summed E-state index contributed by atoms with van der Waals surface area (Å²) in [7, 11) is 1.92. The fraction of sp³-hybridized carbons (Fsp3) is 0.938. The lowest BCUT2D eigenvalue weighted by molar-refractivity contribution is -0.134. The number of likely N-dealkylation sites (tertiary alicyclic amines) is 1. The molecule has 0 aromatic carbocycles. The Morgan fingerprint density at radius 1 is 1.21 bits per heavy atom. The zero-order valence-electron chi connectivity index (χ0n) is 12.9. The molecule has 3 heteroatoms. The summed E-state index contributed by atoms with van der Waals surface area (Å²) in [5, 5.41) is 3.21. The molecule has 0 radical (unpaired) electrons. The van der Waals surface area contributed by atoms with Crippen molar-refractivity contribution in [2.24, 2.45) is 11.3 Å². The Bertz CT molecular complexity index is 308. The van der Waals surface area contributed by atoms with Gasteiger partial charge < -0.3 is 10.2 Å².